The van der Waals surface area contributed by atoms with Gasteiger partial charge in [0.2, 0.25) is 0 Å². The Labute approximate surface area is 93.6 Å². The van der Waals surface area contributed by atoms with E-state index in [2.05, 4.69) is 4.90 Å². The molecule has 0 aliphatic carbocycles. The molecule has 0 spiro atoms. The lowest BCUT2D eigenvalue weighted by Gasteiger charge is -2.18. The lowest BCUT2D eigenvalue weighted by Crippen LogP contribution is -2.22. The Bertz CT molecular complexity index is 358. The highest BCUT2D eigenvalue weighted by atomic mass is 35.5. The van der Waals surface area contributed by atoms with E-state index < -0.39 is 0 Å². The van der Waals surface area contributed by atoms with Gasteiger partial charge in [-0.3, -0.25) is 0 Å². The molecule has 15 heavy (non-hydrogen) atoms. The van der Waals surface area contributed by atoms with Crippen molar-refractivity contribution in [1.82, 2.24) is 0 Å². The molecular weight excluding hydrogens is 217 g/mol. The van der Waals surface area contributed by atoms with E-state index in [1.165, 1.54) is 6.07 Å². The smallest absolute Gasteiger partial charge is 0.141 e. The summed E-state index contributed by atoms with van der Waals surface area (Å²) in [6.07, 6.45) is 1.28. The van der Waals surface area contributed by atoms with Crippen molar-refractivity contribution >= 4 is 17.3 Å². The highest BCUT2D eigenvalue weighted by molar-refractivity contribution is 6.31. The summed E-state index contributed by atoms with van der Waals surface area (Å²) in [6, 6.07) is 4.81. The van der Waals surface area contributed by atoms with Crippen LogP contribution in [-0.2, 0) is 4.74 Å². The van der Waals surface area contributed by atoms with E-state index in [9.17, 15) is 4.39 Å². The quantitative estimate of drug-likeness (QED) is 0.773. The number of ether oxygens (including phenoxy) is 1. The Kier molecular flexibility index (Phi) is 3.12. The van der Waals surface area contributed by atoms with Gasteiger partial charge in [-0.2, -0.15) is 0 Å². The van der Waals surface area contributed by atoms with Gasteiger partial charge in [0.05, 0.1) is 11.1 Å². The van der Waals surface area contributed by atoms with Gasteiger partial charge >= 0.3 is 0 Å². The standard InChI is InChI=1S/C11H13ClFNO/c1-15-9-4-5-14(7-9)8-2-3-11(13)10(12)6-8/h2-3,6,9H,4-5,7H2,1H3. The number of halogens is 2. The molecule has 1 fully saturated rings. The Hall–Kier alpha value is -0.800. The van der Waals surface area contributed by atoms with Gasteiger partial charge in [-0.1, -0.05) is 11.6 Å². The molecule has 2 nitrogen and oxygen atoms in total. The molecule has 1 unspecified atom stereocenters. The van der Waals surface area contributed by atoms with Crippen molar-refractivity contribution in [3.05, 3.63) is 29.0 Å². The van der Waals surface area contributed by atoms with Crippen LogP contribution in [0.1, 0.15) is 6.42 Å². The van der Waals surface area contributed by atoms with Gasteiger partial charge < -0.3 is 9.64 Å². The first-order valence-corrected chi connectivity index (χ1v) is 5.31. The summed E-state index contributed by atoms with van der Waals surface area (Å²) in [5.41, 5.74) is 0.959. The van der Waals surface area contributed by atoms with Gasteiger partial charge in [0.25, 0.3) is 0 Å². The average molecular weight is 230 g/mol. The zero-order valence-electron chi connectivity index (χ0n) is 8.54. The largest absolute Gasteiger partial charge is 0.380 e. The van der Waals surface area contributed by atoms with Crippen molar-refractivity contribution in [3.8, 4) is 0 Å². The van der Waals surface area contributed by atoms with Crippen LogP contribution in [0.4, 0.5) is 10.1 Å². The maximum Gasteiger partial charge on any atom is 0.141 e. The number of anilines is 1. The SMILES string of the molecule is COC1CCN(c2ccc(F)c(Cl)c2)C1. The molecule has 2 rings (SSSR count). The normalized spacial score (nSPS) is 21.0. The second kappa shape index (κ2) is 4.37. The molecule has 1 aliphatic rings. The predicted molar refractivity (Wildman–Crippen MR) is 59.0 cm³/mol. The monoisotopic (exact) mass is 229 g/mol. The Balaban J connectivity index is 2.13. The number of benzene rings is 1. The summed E-state index contributed by atoms with van der Waals surface area (Å²) in [5, 5.41) is 0.174. The molecule has 0 radical (unpaired) electrons. The molecule has 1 atom stereocenters. The third-order valence-corrected chi connectivity index (χ3v) is 3.04. The first kappa shape index (κ1) is 10.7. The molecule has 0 aromatic heterocycles. The van der Waals surface area contributed by atoms with Crippen molar-refractivity contribution in [1.29, 1.82) is 0 Å². The number of hydrogen-bond acceptors (Lipinski definition) is 2. The van der Waals surface area contributed by atoms with E-state index in [0.717, 1.165) is 25.2 Å². The third-order valence-electron chi connectivity index (χ3n) is 2.75. The summed E-state index contributed by atoms with van der Waals surface area (Å²) in [7, 11) is 1.71. The van der Waals surface area contributed by atoms with Gasteiger partial charge in [0, 0.05) is 25.9 Å². The summed E-state index contributed by atoms with van der Waals surface area (Å²) in [4.78, 5) is 2.15. The van der Waals surface area contributed by atoms with Crippen LogP contribution in [0.2, 0.25) is 5.02 Å². The summed E-state index contributed by atoms with van der Waals surface area (Å²) >= 11 is 5.73. The molecule has 1 aromatic carbocycles. The topological polar surface area (TPSA) is 12.5 Å². The molecule has 0 bridgehead atoms. The van der Waals surface area contributed by atoms with Gasteiger partial charge in [0.15, 0.2) is 0 Å². The van der Waals surface area contributed by atoms with Gasteiger partial charge in [0.1, 0.15) is 5.82 Å². The van der Waals surface area contributed by atoms with Crippen LogP contribution in [0.5, 0.6) is 0 Å². The zero-order chi connectivity index (χ0) is 10.8. The third kappa shape index (κ3) is 2.24. The Morgan fingerprint density at radius 1 is 1.53 bits per heavy atom. The highest BCUT2D eigenvalue weighted by Gasteiger charge is 2.22. The molecule has 1 aromatic rings. The van der Waals surface area contributed by atoms with Crippen LogP contribution in [0, 0.1) is 5.82 Å². The molecule has 1 heterocycles. The number of methoxy groups -OCH3 is 1. The van der Waals surface area contributed by atoms with E-state index in [0.29, 0.717) is 0 Å². The van der Waals surface area contributed by atoms with Crippen molar-refractivity contribution in [2.45, 2.75) is 12.5 Å². The molecule has 1 saturated heterocycles. The van der Waals surface area contributed by atoms with Gasteiger partial charge in [-0.15, -0.1) is 0 Å². The van der Waals surface area contributed by atoms with Crippen LogP contribution >= 0.6 is 11.6 Å². The van der Waals surface area contributed by atoms with Crippen LogP contribution in [0.15, 0.2) is 18.2 Å². The van der Waals surface area contributed by atoms with Gasteiger partial charge in [-0.05, 0) is 24.6 Å². The Morgan fingerprint density at radius 2 is 2.33 bits per heavy atom. The molecule has 0 saturated carbocycles. The minimum absolute atomic E-state index is 0.174. The fraction of sp³-hybridized carbons (Fsp3) is 0.455. The highest BCUT2D eigenvalue weighted by Crippen LogP contribution is 2.26. The van der Waals surface area contributed by atoms with Crippen LogP contribution < -0.4 is 4.90 Å². The maximum atomic E-state index is 13.0. The second-order valence-electron chi connectivity index (χ2n) is 3.69. The zero-order valence-corrected chi connectivity index (χ0v) is 9.30. The lowest BCUT2D eigenvalue weighted by atomic mass is 10.3. The molecule has 82 valence electrons. The second-order valence-corrected chi connectivity index (χ2v) is 4.10. The molecular formula is C11H13ClFNO. The van der Waals surface area contributed by atoms with Gasteiger partial charge in [-0.25, -0.2) is 4.39 Å². The number of nitrogens with zero attached hydrogens (tertiary/aromatic N) is 1. The Morgan fingerprint density at radius 3 is 2.93 bits per heavy atom. The maximum absolute atomic E-state index is 13.0. The van der Waals surface area contributed by atoms with Crippen molar-refractivity contribution in [3.63, 3.8) is 0 Å². The average Bonchev–Trinajstić information content (AvgIpc) is 2.70. The minimum Gasteiger partial charge on any atom is -0.380 e. The van der Waals surface area contributed by atoms with E-state index in [4.69, 9.17) is 16.3 Å². The molecule has 1 aliphatic heterocycles. The first-order chi connectivity index (χ1) is 7.20. The van der Waals surface area contributed by atoms with Crippen molar-refractivity contribution < 1.29 is 9.13 Å². The lowest BCUT2D eigenvalue weighted by molar-refractivity contribution is 0.121. The van der Waals surface area contributed by atoms with E-state index in [1.807, 2.05) is 0 Å². The number of rotatable bonds is 2. The van der Waals surface area contributed by atoms with E-state index in [-0.39, 0.29) is 16.9 Å². The molecule has 0 amide bonds. The van der Waals surface area contributed by atoms with Crippen LogP contribution in [0.25, 0.3) is 0 Å². The van der Waals surface area contributed by atoms with E-state index in [1.54, 1.807) is 19.2 Å². The van der Waals surface area contributed by atoms with E-state index >= 15 is 0 Å². The molecule has 4 heteroatoms. The van der Waals surface area contributed by atoms with Crippen molar-refractivity contribution in [2.24, 2.45) is 0 Å². The fourth-order valence-electron chi connectivity index (χ4n) is 1.84. The van der Waals surface area contributed by atoms with Crippen molar-refractivity contribution in [2.75, 3.05) is 25.1 Å². The van der Waals surface area contributed by atoms with Crippen LogP contribution in [0.3, 0.4) is 0 Å². The number of hydrogen-bond donors (Lipinski definition) is 0. The molecule has 0 N–H and O–H groups in total. The minimum atomic E-state index is -0.372. The predicted octanol–water partition coefficient (Wildman–Crippen LogP) is 2.70. The summed E-state index contributed by atoms with van der Waals surface area (Å²) in [6.45, 7) is 1.78. The first-order valence-electron chi connectivity index (χ1n) is 4.93. The summed E-state index contributed by atoms with van der Waals surface area (Å²) < 4.78 is 18.2. The fourth-order valence-corrected chi connectivity index (χ4v) is 2.01. The summed E-state index contributed by atoms with van der Waals surface area (Å²) in [5.74, 6) is -0.372. The van der Waals surface area contributed by atoms with Crippen LogP contribution in [-0.4, -0.2) is 26.3 Å².